The van der Waals surface area contributed by atoms with Crippen LogP contribution in [0.3, 0.4) is 0 Å². The maximum atomic E-state index is 13.4. The largest absolute Gasteiger partial charge is 0.465 e. The number of esters is 1. The Morgan fingerprint density at radius 1 is 1.40 bits per heavy atom. The third-order valence-electron chi connectivity index (χ3n) is 2.58. The number of thioether (sulfide) groups is 1. The molecule has 1 rings (SSSR count). The zero-order valence-electron chi connectivity index (χ0n) is 11.6. The Balaban J connectivity index is 2.49. The Hall–Kier alpha value is -1.14. The molecule has 0 heterocycles. The second-order valence-electron chi connectivity index (χ2n) is 4.07. The van der Waals surface area contributed by atoms with Crippen LogP contribution in [0.2, 0.25) is 0 Å². The molecular weight excluding hydrogens is 284 g/mol. The van der Waals surface area contributed by atoms with E-state index in [1.54, 1.807) is 6.92 Å². The van der Waals surface area contributed by atoms with Crippen LogP contribution in [-0.2, 0) is 9.53 Å². The Morgan fingerprint density at radius 2 is 2.15 bits per heavy atom. The van der Waals surface area contributed by atoms with Crippen molar-refractivity contribution in [2.24, 2.45) is 0 Å². The zero-order valence-corrected chi connectivity index (χ0v) is 12.4. The highest BCUT2D eigenvalue weighted by atomic mass is 32.2. The van der Waals surface area contributed by atoms with Crippen molar-refractivity contribution >= 4 is 17.7 Å². The van der Waals surface area contributed by atoms with Gasteiger partial charge in [0, 0.05) is 16.7 Å². The van der Waals surface area contributed by atoms with Gasteiger partial charge in [-0.05, 0) is 32.0 Å². The van der Waals surface area contributed by atoms with Gasteiger partial charge in [-0.15, -0.1) is 11.8 Å². The predicted molar refractivity (Wildman–Crippen MR) is 75.8 cm³/mol. The number of hydrogen-bond acceptors (Lipinski definition) is 4. The first-order chi connectivity index (χ1) is 9.58. The number of rotatable bonds is 8. The molecule has 20 heavy (non-hydrogen) atoms. The SMILES string of the molecule is CCNC(CCSc1ccc(F)cc1F)C(=O)OCC. The Kier molecular flexibility index (Phi) is 7.54. The van der Waals surface area contributed by atoms with Gasteiger partial charge in [-0.1, -0.05) is 6.92 Å². The highest BCUT2D eigenvalue weighted by Crippen LogP contribution is 2.23. The first kappa shape index (κ1) is 16.9. The van der Waals surface area contributed by atoms with Crippen LogP contribution in [0.15, 0.2) is 23.1 Å². The minimum atomic E-state index is -0.594. The van der Waals surface area contributed by atoms with E-state index in [2.05, 4.69) is 5.32 Å². The third kappa shape index (κ3) is 5.46. The minimum absolute atomic E-state index is 0.297. The molecule has 0 saturated heterocycles. The van der Waals surface area contributed by atoms with E-state index < -0.39 is 17.7 Å². The van der Waals surface area contributed by atoms with Crippen LogP contribution in [0.25, 0.3) is 0 Å². The summed E-state index contributed by atoms with van der Waals surface area (Å²) in [7, 11) is 0. The van der Waals surface area contributed by atoms with Gasteiger partial charge in [0.15, 0.2) is 0 Å². The van der Waals surface area contributed by atoms with Crippen molar-refractivity contribution in [1.29, 1.82) is 0 Å². The van der Waals surface area contributed by atoms with E-state index in [1.807, 2.05) is 6.92 Å². The second-order valence-corrected chi connectivity index (χ2v) is 5.21. The van der Waals surface area contributed by atoms with Gasteiger partial charge in [0.05, 0.1) is 6.61 Å². The van der Waals surface area contributed by atoms with Gasteiger partial charge < -0.3 is 10.1 Å². The van der Waals surface area contributed by atoms with Crippen LogP contribution in [0.4, 0.5) is 8.78 Å². The maximum Gasteiger partial charge on any atom is 0.323 e. The molecule has 3 nitrogen and oxygen atoms in total. The number of carbonyl (C=O) groups is 1. The van der Waals surface area contributed by atoms with E-state index in [4.69, 9.17) is 4.74 Å². The van der Waals surface area contributed by atoms with Crippen molar-refractivity contribution in [2.45, 2.75) is 31.2 Å². The summed E-state index contributed by atoms with van der Waals surface area (Å²) >= 11 is 1.26. The van der Waals surface area contributed by atoms with Crippen molar-refractivity contribution in [3.63, 3.8) is 0 Å². The van der Waals surface area contributed by atoms with Crippen LogP contribution in [0, 0.1) is 11.6 Å². The average Bonchev–Trinajstić information content (AvgIpc) is 2.40. The topological polar surface area (TPSA) is 38.3 Å². The summed E-state index contributed by atoms with van der Waals surface area (Å²) in [5.41, 5.74) is 0. The predicted octanol–water partition coefficient (Wildman–Crippen LogP) is 2.99. The smallest absolute Gasteiger partial charge is 0.323 e. The average molecular weight is 303 g/mol. The number of likely N-dealkylation sites (N-methyl/N-ethyl adjacent to an activating group) is 1. The second kappa shape index (κ2) is 8.92. The molecule has 1 atom stereocenters. The lowest BCUT2D eigenvalue weighted by Gasteiger charge is -2.15. The standard InChI is InChI=1S/C14H19F2NO2S/c1-3-17-12(14(18)19-4-2)7-8-20-13-6-5-10(15)9-11(13)16/h5-6,9,12,17H,3-4,7-8H2,1-2H3. The number of halogens is 2. The summed E-state index contributed by atoms with van der Waals surface area (Å²) in [5.74, 6) is -0.927. The lowest BCUT2D eigenvalue weighted by atomic mass is 10.2. The Labute approximate surface area is 122 Å². The van der Waals surface area contributed by atoms with Crippen molar-refractivity contribution in [1.82, 2.24) is 5.32 Å². The monoisotopic (exact) mass is 303 g/mol. The van der Waals surface area contributed by atoms with E-state index >= 15 is 0 Å². The molecule has 0 spiro atoms. The van der Waals surface area contributed by atoms with Crippen LogP contribution < -0.4 is 5.32 Å². The van der Waals surface area contributed by atoms with Crippen LogP contribution in [0.5, 0.6) is 0 Å². The van der Waals surface area contributed by atoms with Crippen LogP contribution in [0.1, 0.15) is 20.3 Å². The van der Waals surface area contributed by atoms with Gasteiger partial charge >= 0.3 is 5.97 Å². The van der Waals surface area contributed by atoms with Crippen LogP contribution in [-0.4, -0.2) is 30.9 Å². The quantitative estimate of drug-likeness (QED) is 0.592. The molecule has 0 fully saturated rings. The summed E-state index contributed by atoms with van der Waals surface area (Å²) in [5, 5.41) is 3.04. The molecule has 1 unspecified atom stereocenters. The molecule has 0 aromatic heterocycles. The summed E-state index contributed by atoms with van der Waals surface area (Å²) < 4.78 is 31.2. The number of hydrogen-bond donors (Lipinski definition) is 1. The lowest BCUT2D eigenvalue weighted by molar-refractivity contribution is -0.145. The molecule has 0 saturated carbocycles. The zero-order chi connectivity index (χ0) is 15.0. The molecule has 6 heteroatoms. The summed E-state index contributed by atoms with van der Waals surface area (Å²) in [6.07, 6.45) is 0.522. The molecule has 0 aliphatic rings. The van der Waals surface area contributed by atoms with Crippen molar-refractivity contribution < 1.29 is 18.3 Å². The highest BCUT2D eigenvalue weighted by molar-refractivity contribution is 7.99. The van der Waals surface area contributed by atoms with E-state index in [9.17, 15) is 13.6 Å². The number of nitrogens with one attached hydrogen (secondary N) is 1. The molecule has 1 aromatic carbocycles. The fourth-order valence-electron chi connectivity index (χ4n) is 1.67. The van der Waals surface area contributed by atoms with Gasteiger partial charge in [-0.3, -0.25) is 4.79 Å². The summed E-state index contributed by atoms with van der Waals surface area (Å²) in [4.78, 5) is 12.0. The van der Waals surface area contributed by atoms with Crippen molar-refractivity contribution in [2.75, 3.05) is 18.9 Å². The molecule has 0 radical (unpaired) electrons. The van der Waals surface area contributed by atoms with E-state index in [0.717, 1.165) is 6.07 Å². The first-order valence-corrected chi connectivity index (χ1v) is 7.54. The number of benzene rings is 1. The van der Waals surface area contributed by atoms with Gasteiger partial charge in [0.25, 0.3) is 0 Å². The highest BCUT2D eigenvalue weighted by Gasteiger charge is 2.18. The Bertz CT molecular complexity index is 443. The first-order valence-electron chi connectivity index (χ1n) is 6.56. The van der Waals surface area contributed by atoms with Crippen LogP contribution >= 0.6 is 11.8 Å². The van der Waals surface area contributed by atoms with Gasteiger partial charge in [-0.2, -0.15) is 0 Å². The maximum absolute atomic E-state index is 13.4. The van der Waals surface area contributed by atoms with Gasteiger partial charge in [0.2, 0.25) is 0 Å². The molecule has 0 aliphatic heterocycles. The fourth-order valence-corrected chi connectivity index (χ4v) is 2.61. The van der Waals surface area contributed by atoms with Crippen molar-refractivity contribution in [3.05, 3.63) is 29.8 Å². The summed E-state index contributed by atoms with van der Waals surface area (Å²) in [6, 6.07) is 3.09. The molecule has 0 aliphatic carbocycles. The number of carbonyl (C=O) groups excluding carboxylic acids is 1. The van der Waals surface area contributed by atoms with Gasteiger partial charge in [-0.25, -0.2) is 8.78 Å². The summed E-state index contributed by atoms with van der Waals surface area (Å²) in [6.45, 7) is 4.64. The lowest BCUT2D eigenvalue weighted by Crippen LogP contribution is -2.38. The molecule has 0 amide bonds. The molecule has 1 aromatic rings. The molecule has 0 bridgehead atoms. The van der Waals surface area contributed by atoms with E-state index in [0.29, 0.717) is 30.2 Å². The minimum Gasteiger partial charge on any atom is -0.465 e. The molecular formula is C14H19F2NO2S. The van der Waals surface area contributed by atoms with E-state index in [-0.39, 0.29) is 5.97 Å². The molecule has 112 valence electrons. The van der Waals surface area contributed by atoms with E-state index in [1.165, 1.54) is 23.9 Å². The third-order valence-corrected chi connectivity index (χ3v) is 3.66. The van der Waals surface area contributed by atoms with Crippen molar-refractivity contribution in [3.8, 4) is 0 Å². The fraction of sp³-hybridized carbons (Fsp3) is 0.500. The van der Waals surface area contributed by atoms with Gasteiger partial charge in [0.1, 0.15) is 17.7 Å². The Morgan fingerprint density at radius 3 is 2.75 bits per heavy atom. The number of ether oxygens (including phenoxy) is 1. The molecule has 1 N–H and O–H groups in total. The normalized spacial score (nSPS) is 12.2.